The number of aliphatic hydroxyl groups is 1. The van der Waals surface area contributed by atoms with Crippen molar-refractivity contribution in [3.63, 3.8) is 0 Å². The first-order chi connectivity index (χ1) is 11.7. The SMILES string of the molecule is CN=C(N)NC[C@]1(C)[C@@H]2CC[C@@H](C)[C@]13C[C@](O)(C=O)C(C(=O)O)=C3C2. The van der Waals surface area contributed by atoms with Gasteiger partial charge in [-0.1, -0.05) is 13.8 Å². The van der Waals surface area contributed by atoms with Crippen molar-refractivity contribution in [2.45, 2.75) is 45.1 Å². The van der Waals surface area contributed by atoms with Gasteiger partial charge in [0, 0.05) is 19.0 Å². The number of carboxylic acid groups (broad SMARTS) is 1. The molecule has 0 amide bonds. The summed E-state index contributed by atoms with van der Waals surface area (Å²) in [6.07, 6.45) is 3.12. The van der Waals surface area contributed by atoms with E-state index in [0.717, 1.165) is 18.4 Å². The van der Waals surface area contributed by atoms with Crippen LogP contribution in [-0.4, -0.2) is 47.6 Å². The predicted molar refractivity (Wildman–Crippen MR) is 92.9 cm³/mol. The van der Waals surface area contributed by atoms with Crippen molar-refractivity contribution in [3.8, 4) is 0 Å². The van der Waals surface area contributed by atoms with Crippen molar-refractivity contribution in [1.29, 1.82) is 0 Å². The molecule has 0 aliphatic heterocycles. The van der Waals surface area contributed by atoms with Gasteiger partial charge in [-0.25, -0.2) is 4.79 Å². The largest absolute Gasteiger partial charge is 0.478 e. The van der Waals surface area contributed by atoms with Crippen molar-refractivity contribution in [3.05, 3.63) is 11.1 Å². The molecule has 2 fully saturated rings. The first-order valence-electron chi connectivity index (χ1n) is 8.78. The highest BCUT2D eigenvalue weighted by atomic mass is 16.4. The average Bonchev–Trinajstić information content (AvgIpc) is 2.90. The highest BCUT2D eigenvalue weighted by molar-refractivity contribution is 5.97. The van der Waals surface area contributed by atoms with Gasteiger partial charge in [-0.2, -0.15) is 0 Å². The van der Waals surface area contributed by atoms with Gasteiger partial charge in [0.25, 0.3) is 0 Å². The molecular weight excluding hydrogens is 322 g/mol. The molecule has 5 N–H and O–H groups in total. The lowest BCUT2D eigenvalue weighted by molar-refractivity contribution is -0.139. The number of carbonyl (C=O) groups is 2. The van der Waals surface area contributed by atoms with E-state index in [2.05, 4.69) is 24.2 Å². The zero-order chi connectivity index (χ0) is 18.6. The number of allylic oxidation sites excluding steroid dienone is 1. The maximum Gasteiger partial charge on any atom is 0.334 e. The van der Waals surface area contributed by atoms with Gasteiger partial charge < -0.3 is 21.3 Å². The Balaban J connectivity index is 2.16. The molecule has 0 unspecified atom stereocenters. The topological polar surface area (TPSA) is 125 Å². The fraction of sp³-hybridized carbons (Fsp3) is 0.722. The number of hydrogen-bond donors (Lipinski definition) is 4. The van der Waals surface area contributed by atoms with E-state index in [-0.39, 0.29) is 23.3 Å². The second kappa shape index (κ2) is 5.56. The minimum absolute atomic E-state index is 0.0953. The Morgan fingerprint density at radius 3 is 2.72 bits per heavy atom. The van der Waals surface area contributed by atoms with E-state index in [1.807, 2.05) is 0 Å². The van der Waals surface area contributed by atoms with Gasteiger partial charge in [0.05, 0.1) is 5.57 Å². The molecular formula is C18H27N3O4. The number of guanidine groups is 1. The number of carboxylic acids is 1. The third-order valence-corrected chi connectivity index (χ3v) is 7.27. The molecule has 2 bridgehead atoms. The number of nitrogens with two attached hydrogens (primary N) is 1. The third kappa shape index (κ3) is 2.11. The van der Waals surface area contributed by atoms with Crippen molar-refractivity contribution >= 4 is 18.2 Å². The lowest BCUT2D eigenvalue weighted by Gasteiger charge is -2.53. The zero-order valence-electron chi connectivity index (χ0n) is 15.0. The summed E-state index contributed by atoms with van der Waals surface area (Å²) in [6, 6.07) is 0. The summed E-state index contributed by atoms with van der Waals surface area (Å²) in [6.45, 7) is 4.77. The first-order valence-corrected chi connectivity index (χ1v) is 8.78. The smallest absolute Gasteiger partial charge is 0.334 e. The molecule has 7 heteroatoms. The molecule has 0 aromatic rings. The van der Waals surface area contributed by atoms with E-state index in [1.54, 1.807) is 7.05 Å². The fourth-order valence-corrected chi connectivity index (χ4v) is 5.99. The third-order valence-electron chi connectivity index (χ3n) is 7.27. The number of rotatable bonds is 4. The molecule has 7 nitrogen and oxygen atoms in total. The van der Waals surface area contributed by atoms with Gasteiger partial charge in [-0.05, 0) is 48.5 Å². The standard InChI is InChI=1S/C18H27N3O4/c1-10-4-5-11-6-12-13(14(23)24)17(25,9-22)7-18(10,12)16(11,2)8-21-15(19)20-3/h9-11,25H,4-8H2,1-3H3,(H,23,24)(H3,19,20,21)/t10-,11-,16-,17+,18+/m1/s1. The summed E-state index contributed by atoms with van der Waals surface area (Å²) < 4.78 is 0. The minimum atomic E-state index is -1.91. The lowest BCUT2D eigenvalue weighted by atomic mass is 9.51. The van der Waals surface area contributed by atoms with E-state index >= 15 is 0 Å². The highest BCUT2D eigenvalue weighted by Crippen LogP contribution is 2.73. The number of aliphatic imine (C=N–C) groups is 1. The van der Waals surface area contributed by atoms with Crippen molar-refractivity contribution < 1.29 is 19.8 Å². The van der Waals surface area contributed by atoms with Gasteiger partial charge in [0.15, 0.2) is 17.8 Å². The Morgan fingerprint density at radius 2 is 2.16 bits per heavy atom. The number of hydrogen-bond acceptors (Lipinski definition) is 4. The quantitative estimate of drug-likeness (QED) is 0.336. The molecule has 0 aromatic heterocycles. The minimum Gasteiger partial charge on any atom is -0.478 e. The van der Waals surface area contributed by atoms with Gasteiger partial charge in [0.1, 0.15) is 0 Å². The maximum absolute atomic E-state index is 11.9. The van der Waals surface area contributed by atoms with Crippen LogP contribution in [0.5, 0.6) is 0 Å². The molecule has 0 radical (unpaired) electrons. The zero-order valence-corrected chi connectivity index (χ0v) is 15.0. The summed E-state index contributed by atoms with van der Waals surface area (Å²) >= 11 is 0. The van der Waals surface area contributed by atoms with E-state index in [4.69, 9.17) is 5.73 Å². The monoisotopic (exact) mass is 349 g/mol. The molecule has 3 rings (SSSR count). The van der Waals surface area contributed by atoms with Crippen molar-refractivity contribution in [2.75, 3.05) is 13.6 Å². The molecule has 1 spiro atoms. The van der Waals surface area contributed by atoms with Crippen LogP contribution in [0.15, 0.2) is 16.1 Å². The molecule has 0 heterocycles. The van der Waals surface area contributed by atoms with Gasteiger partial charge in [-0.15, -0.1) is 0 Å². The summed E-state index contributed by atoms with van der Waals surface area (Å²) in [5.74, 6) is -0.383. The normalized spacial score (nSPS) is 43.1. The number of fused-ring (bicyclic) bond motifs is 1. The molecule has 25 heavy (non-hydrogen) atoms. The van der Waals surface area contributed by atoms with E-state index in [9.17, 15) is 19.8 Å². The average molecular weight is 349 g/mol. The number of carbonyl (C=O) groups excluding carboxylic acids is 1. The van der Waals surface area contributed by atoms with Crippen LogP contribution < -0.4 is 11.1 Å². The number of aliphatic carboxylic acids is 1. The Bertz CT molecular complexity index is 688. The Morgan fingerprint density at radius 1 is 1.48 bits per heavy atom. The van der Waals surface area contributed by atoms with Crippen molar-refractivity contribution in [2.24, 2.45) is 33.4 Å². The summed E-state index contributed by atoms with van der Waals surface area (Å²) in [5.41, 5.74) is 3.75. The maximum atomic E-state index is 11.9. The van der Waals surface area contributed by atoms with E-state index < -0.39 is 17.0 Å². The Labute approximate surface area is 147 Å². The van der Waals surface area contributed by atoms with Crippen LogP contribution in [0.25, 0.3) is 0 Å². The molecule has 5 atom stereocenters. The second-order valence-electron chi connectivity index (χ2n) is 8.11. The summed E-state index contributed by atoms with van der Waals surface area (Å²) in [4.78, 5) is 27.5. The van der Waals surface area contributed by atoms with Gasteiger partial charge in [-0.3, -0.25) is 9.79 Å². The molecule has 2 saturated carbocycles. The van der Waals surface area contributed by atoms with Crippen LogP contribution in [0.4, 0.5) is 0 Å². The van der Waals surface area contributed by atoms with Crippen LogP contribution in [0, 0.1) is 22.7 Å². The van der Waals surface area contributed by atoms with Crippen LogP contribution in [0.1, 0.15) is 39.5 Å². The van der Waals surface area contributed by atoms with Crippen molar-refractivity contribution in [1.82, 2.24) is 5.32 Å². The molecule has 0 saturated heterocycles. The number of nitrogens with one attached hydrogen (secondary N) is 1. The van der Waals surface area contributed by atoms with Crippen LogP contribution in [0.3, 0.4) is 0 Å². The van der Waals surface area contributed by atoms with E-state index in [1.165, 1.54) is 0 Å². The molecule has 0 aromatic carbocycles. The molecule has 138 valence electrons. The van der Waals surface area contributed by atoms with E-state index in [0.29, 0.717) is 31.1 Å². The number of aldehydes is 1. The lowest BCUT2D eigenvalue weighted by Crippen LogP contribution is -2.55. The van der Waals surface area contributed by atoms with Crippen LogP contribution >= 0.6 is 0 Å². The Kier molecular flexibility index (Phi) is 3.98. The molecule has 3 aliphatic rings. The first kappa shape index (κ1) is 17.9. The predicted octanol–water partition coefficient (Wildman–Crippen LogP) is 0.678. The fourth-order valence-electron chi connectivity index (χ4n) is 5.99. The summed E-state index contributed by atoms with van der Waals surface area (Å²) in [5, 5.41) is 23.7. The van der Waals surface area contributed by atoms with Gasteiger partial charge >= 0.3 is 5.97 Å². The van der Waals surface area contributed by atoms with Gasteiger partial charge in [0.2, 0.25) is 0 Å². The number of nitrogens with zero attached hydrogens (tertiary/aromatic N) is 1. The second-order valence-corrected chi connectivity index (χ2v) is 8.11. The highest BCUT2D eigenvalue weighted by Gasteiger charge is 2.71. The summed E-state index contributed by atoms with van der Waals surface area (Å²) in [7, 11) is 1.61. The van der Waals surface area contributed by atoms with Crippen LogP contribution in [-0.2, 0) is 9.59 Å². The Hall–Kier alpha value is -1.89. The molecule has 3 aliphatic carbocycles. The van der Waals surface area contributed by atoms with Crippen LogP contribution in [0.2, 0.25) is 0 Å².